The summed E-state index contributed by atoms with van der Waals surface area (Å²) in [4.78, 5) is 15.1. The molecule has 0 spiro atoms. The molecule has 1 aromatic heterocycles. The van der Waals surface area contributed by atoms with Crippen molar-refractivity contribution in [3.63, 3.8) is 0 Å². The molecular weight excluding hydrogens is 302 g/mol. The normalized spacial score (nSPS) is 10.8. The van der Waals surface area contributed by atoms with Crippen molar-refractivity contribution in [2.24, 2.45) is 0 Å². The van der Waals surface area contributed by atoms with Gasteiger partial charge in [0.1, 0.15) is 12.4 Å². The molecule has 124 valence electrons. The van der Waals surface area contributed by atoms with E-state index in [4.69, 9.17) is 9.47 Å². The average Bonchev–Trinajstić information content (AvgIpc) is 2.89. The number of esters is 1. The van der Waals surface area contributed by atoms with E-state index >= 15 is 0 Å². The fourth-order valence-corrected chi connectivity index (χ4v) is 2.78. The molecule has 3 rings (SSSR count). The molecule has 0 aliphatic heterocycles. The van der Waals surface area contributed by atoms with Gasteiger partial charge in [-0.15, -0.1) is 0 Å². The molecule has 2 aromatic carbocycles. The number of aryl methyl sites for hydroxylation is 1. The van der Waals surface area contributed by atoms with Crippen LogP contribution in [0.4, 0.5) is 0 Å². The Morgan fingerprint density at radius 3 is 2.67 bits per heavy atom. The van der Waals surface area contributed by atoms with E-state index in [0.29, 0.717) is 13.2 Å². The molecule has 4 nitrogen and oxygen atoms in total. The van der Waals surface area contributed by atoms with Gasteiger partial charge in [-0.2, -0.15) is 0 Å². The fourth-order valence-electron chi connectivity index (χ4n) is 2.78. The summed E-state index contributed by atoms with van der Waals surface area (Å²) in [7, 11) is 0. The van der Waals surface area contributed by atoms with Crippen molar-refractivity contribution in [1.82, 2.24) is 4.98 Å². The average molecular weight is 323 g/mol. The number of hydrogen-bond donors (Lipinski definition) is 1. The highest BCUT2D eigenvalue weighted by molar-refractivity contribution is 5.89. The summed E-state index contributed by atoms with van der Waals surface area (Å²) in [5, 5.41) is 1.01. The van der Waals surface area contributed by atoms with Gasteiger partial charge in [-0.05, 0) is 43.2 Å². The molecule has 0 radical (unpaired) electrons. The highest BCUT2D eigenvalue weighted by Gasteiger charge is 2.14. The number of benzene rings is 2. The molecule has 3 aromatic rings. The van der Waals surface area contributed by atoms with Crippen LogP contribution in [0.1, 0.15) is 23.7 Å². The van der Waals surface area contributed by atoms with Gasteiger partial charge < -0.3 is 14.5 Å². The number of aromatic amines is 1. The highest BCUT2D eigenvalue weighted by atomic mass is 16.5. The van der Waals surface area contributed by atoms with Gasteiger partial charge in [0.15, 0.2) is 0 Å². The fraction of sp³-hybridized carbons (Fsp3) is 0.250. The van der Waals surface area contributed by atoms with E-state index < -0.39 is 0 Å². The summed E-state index contributed by atoms with van der Waals surface area (Å²) in [6, 6.07) is 15.9. The van der Waals surface area contributed by atoms with Crippen LogP contribution in [0.3, 0.4) is 0 Å². The lowest BCUT2D eigenvalue weighted by molar-refractivity contribution is -0.142. The molecule has 0 amide bonds. The van der Waals surface area contributed by atoms with Crippen LogP contribution in [0.15, 0.2) is 48.5 Å². The number of carbonyl (C=O) groups excluding carboxylic acids is 1. The Morgan fingerprint density at radius 2 is 1.92 bits per heavy atom. The van der Waals surface area contributed by atoms with Crippen LogP contribution in [0.25, 0.3) is 10.9 Å². The van der Waals surface area contributed by atoms with Crippen molar-refractivity contribution < 1.29 is 14.3 Å². The third-order valence-electron chi connectivity index (χ3n) is 3.97. The smallest absolute Gasteiger partial charge is 0.310 e. The lowest BCUT2D eigenvalue weighted by Crippen LogP contribution is -2.08. The van der Waals surface area contributed by atoms with E-state index in [0.717, 1.165) is 33.5 Å². The minimum Gasteiger partial charge on any atom is -0.489 e. The summed E-state index contributed by atoms with van der Waals surface area (Å²) in [6.07, 6.45) is 0.266. The van der Waals surface area contributed by atoms with Gasteiger partial charge in [-0.1, -0.05) is 30.3 Å². The lowest BCUT2D eigenvalue weighted by Gasteiger charge is -2.07. The zero-order valence-corrected chi connectivity index (χ0v) is 14.0. The number of rotatable bonds is 6. The number of carbonyl (C=O) groups is 1. The summed E-state index contributed by atoms with van der Waals surface area (Å²) < 4.78 is 11.0. The Bertz CT molecular complexity index is 837. The zero-order chi connectivity index (χ0) is 16.9. The van der Waals surface area contributed by atoms with Gasteiger partial charge in [-0.3, -0.25) is 4.79 Å². The first-order valence-corrected chi connectivity index (χ1v) is 8.11. The predicted molar refractivity (Wildman–Crippen MR) is 94.1 cm³/mol. The van der Waals surface area contributed by atoms with Crippen LogP contribution in [0.2, 0.25) is 0 Å². The molecule has 24 heavy (non-hydrogen) atoms. The minimum atomic E-state index is -0.211. The summed E-state index contributed by atoms with van der Waals surface area (Å²) in [5.74, 6) is 0.576. The van der Waals surface area contributed by atoms with Crippen molar-refractivity contribution in [3.8, 4) is 5.75 Å². The van der Waals surface area contributed by atoms with Crippen molar-refractivity contribution in [3.05, 3.63) is 65.4 Å². The van der Waals surface area contributed by atoms with Crippen LogP contribution in [-0.4, -0.2) is 17.6 Å². The third kappa shape index (κ3) is 3.59. The molecule has 0 bridgehead atoms. The highest BCUT2D eigenvalue weighted by Crippen LogP contribution is 2.27. The lowest BCUT2D eigenvalue weighted by atomic mass is 10.1. The number of ether oxygens (including phenoxy) is 2. The number of hydrogen-bond acceptors (Lipinski definition) is 3. The predicted octanol–water partition coefficient (Wildman–Crippen LogP) is 4.16. The van der Waals surface area contributed by atoms with Crippen LogP contribution < -0.4 is 4.74 Å². The van der Waals surface area contributed by atoms with E-state index in [2.05, 4.69) is 4.98 Å². The molecule has 4 heteroatoms. The molecule has 1 N–H and O–H groups in total. The summed E-state index contributed by atoms with van der Waals surface area (Å²) in [5.41, 5.74) is 4.07. The molecule has 0 atom stereocenters. The molecular formula is C20H21NO3. The topological polar surface area (TPSA) is 51.3 Å². The quantitative estimate of drug-likeness (QED) is 0.693. The van der Waals surface area contributed by atoms with E-state index in [1.165, 1.54) is 0 Å². The first kappa shape index (κ1) is 16.1. The number of fused-ring (bicyclic) bond motifs is 1. The maximum Gasteiger partial charge on any atom is 0.310 e. The maximum atomic E-state index is 11.8. The van der Waals surface area contributed by atoms with Crippen LogP contribution >= 0.6 is 0 Å². The molecule has 0 aliphatic carbocycles. The van der Waals surface area contributed by atoms with Gasteiger partial charge in [0.25, 0.3) is 0 Å². The van der Waals surface area contributed by atoms with Crippen LogP contribution in [-0.2, 0) is 22.6 Å². The molecule has 1 heterocycles. The van der Waals surface area contributed by atoms with E-state index in [9.17, 15) is 4.79 Å². The number of H-pyrrole nitrogens is 1. The number of aromatic nitrogens is 1. The largest absolute Gasteiger partial charge is 0.489 e. The van der Waals surface area contributed by atoms with Crippen molar-refractivity contribution >= 4 is 16.9 Å². The van der Waals surface area contributed by atoms with Gasteiger partial charge in [0.2, 0.25) is 0 Å². The molecule has 0 aliphatic rings. The molecule has 0 fully saturated rings. The Balaban J connectivity index is 1.82. The molecule has 0 unspecified atom stereocenters. The maximum absolute atomic E-state index is 11.8. The third-order valence-corrected chi connectivity index (χ3v) is 3.97. The summed E-state index contributed by atoms with van der Waals surface area (Å²) in [6.45, 7) is 4.70. The Hall–Kier alpha value is -2.75. The second kappa shape index (κ2) is 7.21. The van der Waals surface area contributed by atoms with E-state index in [1.807, 2.05) is 62.4 Å². The van der Waals surface area contributed by atoms with Gasteiger partial charge in [0, 0.05) is 16.6 Å². The van der Waals surface area contributed by atoms with Gasteiger partial charge in [-0.25, -0.2) is 0 Å². The Kier molecular flexibility index (Phi) is 4.85. The second-order valence-corrected chi connectivity index (χ2v) is 5.69. The first-order valence-electron chi connectivity index (χ1n) is 8.11. The van der Waals surface area contributed by atoms with Crippen molar-refractivity contribution in [2.45, 2.75) is 26.9 Å². The van der Waals surface area contributed by atoms with Gasteiger partial charge in [0.05, 0.1) is 13.0 Å². The van der Waals surface area contributed by atoms with Crippen LogP contribution in [0.5, 0.6) is 5.75 Å². The van der Waals surface area contributed by atoms with Crippen molar-refractivity contribution in [2.75, 3.05) is 6.61 Å². The SMILES string of the molecule is CCOC(=O)Cc1c(C)[nH]c2ccc(OCc3ccccc3)cc12. The van der Waals surface area contributed by atoms with Crippen molar-refractivity contribution in [1.29, 1.82) is 0 Å². The first-order chi connectivity index (χ1) is 11.7. The Morgan fingerprint density at radius 1 is 1.12 bits per heavy atom. The standard InChI is InChI=1S/C20H21NO3/c1-3-23-20(22)12-17-14(2)21-19-10-9-16(11-18(17)19)24-13-15-7-5-4-6-8-15/h4-11,21H,3,12-13H2,1-2H3. The number of nitrogens with one attached hydrogen (secondary N) is 1. The van der Waals surface area contributed by atoms with E-state index in [-0.39, 0.29) is 12.4 Å². The van der Waals surface area contributed by atoms with E-state index in [1.54, 1.807) is 0 Å². The van der Waals surface area contributed by atoms with Crippen LogP contribution in [0, 0.1) is 6.92 Å². The molecule has 0 saturated carbocycles. The molecule has 0 saturated heterocycles. The zero-order valence-electron chi connectivity index (χ0n) is 14.0. The summed E-state index contributed by atoms with van der Waals surface area (Å²) >= 11 is 0. The Labute approximate surface area is 141 Å². The second-order valence-electron chi connectivity index (χ2n) is 5.69. The monoisotopic (exact) mass is 323 g/mol. The van der Waals surface area contributed by atoms with Gasteiger partial charge >= 0.3 is 5.97 Å². The minimum absolute atomic E-state index is 0.211.